The first kappa shape index (κ1) is 20.3. The van der Waals surface area contributed by atoms with Crippen LogP contribution in [0.3, 0.4) is 0 Å². The third kappa shape index (κ3) is 3.98. The lowest BCUT2D eigenvalue weighted by Gasteiger charge is -2.35. The van der Waals surface area contributed by atoms with Gasteiger partial charge >= 0.3 is 6.55 Å². The van der Waals surface area contributed by atoms with Crippen LogP contribution in [0.1, 0.15) is 71.6 Å². The number of Topliss-reactive ketones (excluding diaryl/α,β-unsaturated/α-hetero) is 1. The van der Waals surface area contributed by atoms with E-state index in [2.05, 4.69) is 25.6 Å². The molecule has 36 heavy (non-hydrogen) atoms. The first-order valence-corrected chi connectivity index (χ1v) is 11.6. The molecule has 0 unspecified atom stereocenters. The Bertz CT molecular complexity index is 1470. The quantitative estimate of drug-likeness (QED) is 0.429. The lowest BCUT2D eigenvalue weighted by atomic mass is 9.98. The number of ketones is 1. The number of amides is 1. The molecule has 3 aromatic heterocycles. The van der Waals surface area contributed by atoms with Crippen LogP contribution in [0.4, 0.5) is 31.8 Å². The second-order valence-corrected chi connectivity index (χ2v) is 8.99. The Morgan fingerprint density at radius 2 is 2.08 bits per heavy atom. The van der Waals surface area contributed by atoms with Gasteiger partial charge in [0.25, 0.3) is 0 Å². The van der Waals surface area contributed by atoms with Gasteiger partial charge in [-0.3, -0.25) is 14.2 Å². The maximum atomic E-state index is 13.9. The summed E-state index contributed by atoms with van der Waals surface area (Å²) in [5.74, 6) is -0.257. The fourth-order valence-electron chi connectivity index (χ4n) is 4.52. The second-order valence-electron chi connectivity index (χ2n) is 8.99. The number of anilines is 4. The number of halogens is 2. The van der Waals surface area contributed by atoms with Crippen LogP contribution < -0.4 is 15.5 Å². The normalized spacial score (nSPS) is 18.1. The fourth-order valence-corrected chi connectivity index (χ4v) is 4.52. The summed E-state index contributed by atoms with van der Waals surface area (Å²) in [6.45, 7) is -1.95. The van der Waals surface area contributed by atoms with Crippen LogP contribution in [0, 0.1) is 12.8 Å². The Morgan fingerprint density at radius 1 is 1.31 bits per heavy atom. The molecule has 0 spiro atoms. The number of alkyl halides is 2. The van der Waals surface area contributed by atoms with E-state index in [1.54, 1.807) is 24.9 Å². The van der Waals surface area contributed by atoms with E-state index in [0.29, 0.717) is 28.5 Å². The molecule has 1 saturated carbocycles. The number of pyridine rings is 2. The molecule has 0 bridgehead atoms. The molecule has 0 radical (unpaired) electrons. The molecule has 3 aromatic rings. The number of imidazole rings is 1. The van der Waals surface area contributed by atoms with Gasteiger partial charge in [-0.05, 0) is 32.8 Å². The van der Waals surface area contributed by atoms with Gasteiger partial charge < -0.3 is 15.5 Å². The predicted octanol–water partition coefficient (Wildman–Crippen LogP) is 5.24. The number of hydrogen-bond acceptors (Lipinski definition) is 7. The molecule has 2 N–H and O–H groups in total. The standard InChI is InChI=1S/C25H27F2N7O2/c1-5-18(35)16-11-29-19(32-24(36)14-6-7-14)10-17(16)31-23-22-15(8-9-28-23)20-21(12(2)33(22)4)34(25(26)27)13(3)30-20/h8-12,14,25H,5-7H2,1-4H3,(H2,28,29,31,32,36)/t12-/m1/s1/i1D3. The minimum atomic E-state index is -2.76. The predicted molar refractivity (Wildman–Crippen MR) is 132 cm³/mol. The van der Waals surface area contributed by atoms with Crippen molar-refractivity contribution in [3.8, 4) is 11.3 Å². The molecule has 1 fully saturated rings. The van der Waals surface area contributed by atoms with Gasteiger partial charge in [0.15, 0.2) is 11.6 Å². The van der Waals surface area contributed by atoms with Crippen molar-refractivity contribution in [2.75, 3.05) is 22.6 Å². The van der Waals surface area contributed by atoms with Crippen molar-refractivity contribution in [1.29, 1.82) is 0 Å². The average molecular weight is 499 g/mol. The minimum absolute atomic E-state index is 0.0139. The molecular formula is C25H27F2N7O2. The van der Waals surface area contributed by atoms with Crippen LogP contribution >= 0.6 is 0 Å². The van der Waals surface area contributed by atoms with Gasteiger partial charge in [0, 0.05) is 47.5 Å². The van der Waals surface area contributed by atoms with Gasteiger partial charge in [0.05, 0.1) is 34.4 Å². The van der Waals surface area contributed by atoms with Crippen LogP contribution in [-0.4, -0.2) is 38.3 Å². The molecule has 0 saturated heterocycles. The van der Waals surface area contributed by atoms with Crippen molar-refractivity contribution < 1.29 is 22.5 Å². The van der Waals surface area contributed by atoms with E-state index in [0.717, 1.165) is 17.4 Å². The first-order chi connectivity index (χ1) is 18.4. The van der Waals surface area contributed by atoms with Gasteiger partial charge in [-0.1, -0.05) is 6.85 Å². The van der Waals surface area contributed by atoms with E-state index >= 15 is 0 Å². The zero-order valence-corrected chi connectivity index (χ0v) is 20.0. The van der Waals surface area contributed by atoms with E-state index in [1.807, 2.05) is 0 Å². The average Bonchev–Trinajstić information content (AvgIpc) is 3.63. The Balaban J connectivity index is 1.59. The van der Waals surface area contributed by atoms with E-state index in [4.69, 9.17) is 4.11 Å². The number of aromatic nitrogens is 4. The van der Waals surface area contributed by atoms with Gasteiger partial charge in [-0.15, -0.1) is 0 Å². The lowest BCUT2D eigenvalue weighted by molar-refractivity contribution is -0.117. The number of carbonyl (C=O) groups excluding carboxylic acids is 2. The van der Waals surface area contributed by atoms with Crippen molar-refractivity contribution in [1.82, 2.24) is 19.5 Å². The highest BCUT2D eigenvalue weighted by Crippen LogP contribution is 2.48. The molecule has 0 aromatic carbocycles. The van der Waals surface area contributed by atoms with Gasteiger partial charge in [-0.25, -0.2) is 15.0 Å². The highest BCUT2D eigenvalue weighted by molar-refractivity contribution is 6.03. The smallest absolute Gasteiger partial charge is 0.320 e. The zero-order chi connectivity index (χ0) is 28.2. The summed E-state index contributed by atoms with van der Waals surface area (Å²) < 4.78 is 51.2. The van der Waals surface area contributed by atoms with Gasteiger partial charge in [0.1, 0.15) is 11.6 Å². The summed E-state index contributed by atoms with van der Waals surface area (Å²) in [5.41, 5.74) is 2.12. The zero-order valence-electron chi connectivity index (χ0n) is 23.0. The van der Waals surface area contributed by atoms with Crippen LogP contribution in [0.15, 0.2) is 24.5 Å². The topological polar surface area (TPSA) is 105 Å². The summed E-state index contributed by atoms with van der Waals surface area (Å²) in [6.07, 6.45) is 3.60. The number of fused-ring (bicyclic) bond motifs is 3. The molecule has 2 aliphatic rings. The third-order valence-electron chi connectivity index (χ3n) is 6.65. The Morgan fingerprint density at radius 3 is 2.78 bits per heavy atom. The van der Waals surface area contributed by atoms with Gasteiger partial charge in [-0.2, -0.15) is 8.78 Å². The second kappa shape index (κ2) is 8.96. The molecule has 11 heteroatoms. The van der Waals surface area contributed by atoms with E-state index in [1.165, 1.54) is 25.4 Å². The van der Waals surface area contributed by atoms with Crippen molar-refractivity contribution in [2.24, 2.45) is 5.92 Å². The number of carbonyl (C=O) groups is 2. The molecule has 4 heterocycles. The SMILES string of the molecule is [2H]C([2H])([2H])CC(=O)c1cnc(NC(=O)C2CC2)cc1Nc1nccc2c1N(C)[C@H](C)c1c-2nc(C)n1C(F)F. The van der Waals surface area contributed by atoms with E-state index in [-0.39, 0.29) is 34.7 Å². The molecule has 1 aliphatic carbocycles. The summed E-state index contributed by atoms with van der Waals surface area (Å²) >= 11 is 0. The molecule has 1 atom stereocenters. The number of hydrogen-bond donors (Lipinski definition) is 2. The van der Waals surface area contributed by atoms with Gasteiger partial charge in [0.2, 0.25) is 5.91 Å². The Hall–Kier alpha value is -3.89. The molecule has 5 rings (SSSR count). The lowest BCUT2D eigenvalue weighted by Crippen LogP contribution is -2.29. The highest BCUT2D eigenvalue weighted by Gasteiger charge is 2.35. The molecule has 9 nitrogen and oxygen atoms in total. The van der Waals surface area contributed by atoms with E-state index in [9.17, 15) is 18.4 Å². The van der Waals surface area contributed by atoms with Crippen molar-refractivity contribution >= 4 is 34.7 Å². The first-order valence-electron chi connectivity index (χ1n) is 13.1. The number of nitrogens with zero attached hydrogens (tertiary/aromatic N) is 5. The van der Waals surface area contributed by atoms with Crippen molar-refractivity contribution in [2.45, 2.75) is 52.6 Å². The minimum Gasteiger partial charge on any atom is -0.363 e. The third-order valence-corrected chi connectivity index (χ3v) is 6.65. The maximum absolute atomic E-state index is 13.9. The molecule has 1 amide bonds. The summed E-state index contributed by atoms with van der Waals surface area (Å²) in [5, 5.41) is 5.85. The highest BCUT2D eigenvalue weighted by atomic mass is 19.3. The van der Waals surface area contributed by atoms with Crippen molar-refractivity contribution in [3.63, 3.8) is 0 Å². The maximum Gasteiger partial charge on any atom is 0.320 e. The largest absolute Gasteiger partial charge is 0.363 e. The Kier molecular flexibility index (Phi) is 5.06. The summed E-state index contributed by atoms with van der Waals surface area (Å²) in [4.78, 5) is 40.1. The fraction of sp³-hybridized carbons (Fsp3) is 0.400. The molecular weight excluding hydrogens is 468 g/mol. The van der Waals surface area contributed by atoms with Crippen LogP contribution in [0.25, 0.3) is 11.3 Å². The van der Waals surface area contributed by atoms with Crippen LogP contribution in [0.5, 0.6) is 0 Å². The van der Waals surface area contributed by atoms with Crippen LogP contribution in [-0.2, 0) is 4.79 Å². The van der Waals surface area contributed by atoms with Crippen LogP contribution in [0.2, 0.25) is 0 Å². The number of aryl methyl sites for hydroxylation is 1. The van der Waals surface area contributed by atoms with E-state index < -0.39 is 31.6 Å². The van der Waals surface area contributed by atoms with Crippen molar-refractivity contribution in [3.05, 3.63) is 41.6 Å². The Labute approximate surface area is 211 Å². The number of rotatable bonds is 7. The number of nitrogens with one attached hydrogen (secondary N) is 2. The molecule has 1 aliphatic heterocycles. The summed E-state index contributed by atoms with van der Waals surface area (Å²) in [6, 6.07) is 2.65. The summed E-state index contributed by atoms with van der Waals surface area (Å²) in [7, 11) is 1.74. The monoisotopic (exact) mass is 498 g/mol. The molecule has 188 valence electrons.